The average molecular weight is 346 g/mol. The molecule has 0 aliphatic carbocycles. The van der Waals surface area contributed by atoms with E-state index in [2.05, 4.69) is 0 Å². The van der Waals surface area contributed by atoms with Crippen LogP contribution in [0.1, 0.15) is 12.0 Å². The van der Waals surface area contributed by atoms with Gasteiger partial charge in [0.05, 0.1) is 16.6 Å². The number of anilines is 1. The average Bonchev–Trinajstić information content (AvgIpc) is 2.59. The zero-order chi connectivity index (χ0) is 17.2. The second kappa shape index (κ2) is 6.52. The zero-order valence-electron chi connectivity index (χ0n) is 12.8. The molecule has 1 heterocycles. The molecule has 0 saturated carbocycles. The van der Waals surface area contributed by atoms with Crippen LogP contribution in [0.15, 0.2) is 53.4 Å². The minimum Gasteiger partial charge on any atom is -0.546 e. The fourth-order valence-corrected chi connectivity index (χ4v) is 4.27. The van der Waals surface area contributed by atoms with Crippen molar-refractivity contribution in [1.82, 2.24) is 0 Å². The molecule has 2 aromatic carbocycles. The van der Waals surface area contributed by atoms with Crippen LogP contribution >= 0.6 is 0 Å². The third-order valence-corrected chi connectivity index (χ3v) is 5.66. The lowest BCUT2D eigenvalue weighted by Gasteiger charge is -2.30. The highest BCUT2D eigenvalue weighted by Crippen LogP contribution is 2.32. The van der Waals surface area contributed by atoms with Gasteiger partial charge in [0.2, 0.25) is 0 Å². The summed E-state index contributed by atoms with van der Waals surface area (Å²) in [6.07, 6.45) is 1.63. The lowest BCUT2D eigenvalue weighted by molar-refractivity contribution is -0.307. The second-order valence-electron chi connectivity index (χ2n) is 5.44. The Morgan fingerprint density at radius 1 is 1.12 bits per heavy atom. The monoisotopic (exact) mass is 346 g/mol. The lowest BCUT2D eigenvalue weighted by atomic mass is 10.0. The molecule has 3 rings (SSSR count). The van der Waals surface area contributed by atoms with Crippen molar-refractivity contribution < 1.29 is 23.1 Å². The number of aryl methyl sites for hydroxylation is 1. The van der Waals surface area contributed by atoms with E-state index in [0.717, 1.165) is 18.4 Å². The Labute approximate surface area is 140 Å². The molecule has 1 aliphatic rings. The van der Waals surface area contributed by atoms with Gasteiger partial charge < -0.3 is 14.6 Å². The van der Waals surface area contributed by atoms with Gasteiger partial charge in [-0.25, -0.2) is 8.42 Å². The Kier molecular flexibility index (Phi) is 4.44. The highest BCUT2D eigenvalue weighted by Gasteiger charge is 2.28. The molecule has 0 unspecified atom stereocenters. The van der Waals surface area contributed by atoms with Gasteiger partial charge in [-0.15, -0.1) is 0 Å². The highest BCUT2D eigenvalue weighted by molar-refractivity contribution is 7.92. The van der Waals surface area contributed by atoms with E-state index in [1.807, 2.05) is 24.3 Å². The molecule has 0 saturated heterocycles. The van der Waals surface area contributed by atoms with Crippen LogP contribution in [-0.2, 0) is 21.2 Å². The number of hydrogen-bond donors (Lipinski definition) is 0. The van der Waals surface area contributed by atoms with Crippen LogP contribution in [0.25, 0.3) is 0 Å². The Balaban J connectivity index is 1.87. The summed E-state index contributed by atoms with van der Waals surface area (Å²) in [6, 6.07) is 13.2. The number of para-hydroxylation sites is 1. The second-order valence-corrected chi connectivity index (χ2v) is 7.30. The smallest absolute Gasteiger partial charge is 0.264 e. The number of ether oxygens (including phenoxy) is 1. The van der Waals surface area contributed by atoms with Crippen molar-refractivity contribution in [3.8, 4) is 5.75 Å². The summed E-state index contributed by atoms with van der Waals surface area (Å²) < 4.78 is 32.2. The third kappa shape index (κ3) is 3.21. The summed E-state index contributed by atoms with van der Waals surface area (Å²) in [5.74, 6) is -1.06. The Morgan fingerprint density at radius 3 is 2.54 bits per heavy atom. The molecule has 7 heteroatoms. The van der Waals surface area contributed by atoms with E-state index in [9.17, 15) is 18.3 Å². The highest BCUT2D eigenvalue weighted by atomic mass is 32.2. The number of nitrogens with zero attached hydrogens (tertiary/aromatic N) is 1. The van der Waals surface area contributed by atoms with Crippen LogP contribution in [-0.4, -0.2) is 27.5 Å². The summed E-state index contributed by atoms with van der Waals surface area (Å²) in [5.41, 5.74) is 1.72. The quantitative estimate of drug-likeness (QED) is 0.805. The van der Waals surface area contributed by atoms with Gasteiger partial charge in [-0.05, 0) is 48.7 Å². The third-order valence-electron chi connectivity index (χ3n) is 3.84. The standard InChI is InChI=1S/C17H17NO5S/c19-17(20)12-23-14-7-9-15(10-8-14)24(21,22)18-11-3-5-13-4-1-2-6-16(13)18/h1-2,4,6-10H,3,5,11-12H2,(H,19,20)/p-1. The van der Waals surface area contributed by atoms with Crippen molar-refractivity contribution in [1.29, 1.82) is 0 Å². The molecular formula is C17H16NO5S-. The molecule has 0 amide bonds. The van der Waals surface area contributed by atoms with Crippen LogP contribution in [0, 0.1) is 0 Å². The van der Waals surface area contributed by atoms with E-state index in [1.165, 1.54) is 28.6 Å². The molecule has 1 aliphatic heterocycles. The number of carbonyl (C=O) groups excluding carboxylic acids is 1. The molecule has 0 bridgehead atoms. The molecule has 2 aromatic rings. The van der Waals surface area contributed by atoms with Gasteiger partial charge in [0.1, 0.15) is 12.4 Å². The summed E-state index contributed by atoms with van der Waals surface area (Å²) in [6.45, 7) is -0.145. The summed E-state index contributed by atoms with van der Waals surface area (Å²) in [5, 5.41) is 10.4. The number of carboxylic acid groups (broad SMARTS) is 1. The minimum atomic E-state index is -3.67. The maximum Gasteiger partial charge on any atom is 0.264 e. The maximum atomic E-state index is 12.9. The van der Waals surface area contributed by atoms with Gasteiger partial charge in [0.25, 0.3) is 10.0 Å². The van der Waals surface area contributed by atoms with Gasteiger partial charge in [-0.1, -0.05) is 18.2 Å². The predicted molar refractivity (Wildman–Crippen MR) is 86.2 cm³/mol. The van der Waals surface area contributed by atoms with Crippen molar-refractivity contribution in [3.05, 3.63) is 54.1 Å². The number of aliphatic carboxylic acids is 1. The number of carbonyl (C=O) groups is 1. The molecule has 126 valence electrons. The van der Waals surface area contributed by atoms with Crippen molar-refractivity contribution in [2.45, 2.75) is 17.7 Å². The number of fused-ring (bicyclic) bond motifs is 1. The molecule has 0 aromatic heterocycles. The summed E-state index contributed by atoms with van der Waals surface area (Å²) in [4.78, 5) is 10.5. The molecule has 6 nitrogen and oxygen atoms in total. The Morgan fingerprint density at radius 2 is 1.83 bits per heavy atom. The van der Waals surface area contributed by atoms with Crippen LogP contribution in [0.5, 0.6) is 5.75 Å². The van der Waals surface area contributed by atoms with Crippen molar-refractivity contribution in [3.63, 3.8) is 0 Å². The summed E-state index contributed by atoms with van der Waals surface area (Å²) >= 11 is 0. The topological polar surface area (TPSA) is 86.7 Å². The van der Waals surface area contributed by atoms with Crippen LogP contribution in [0.4, 0.5) is 5.69 Å². The number of hydrogen-bond acceptors (Lipinski definition) is 5. The normalized spacial score (nSPS) is 14.1. The van der Waals surface area contributed by atoms with E-state index >= 15 is 0 Å². The van der Waals surface area contributed by atoms with Crippen LogP contribution in [0.3, 0.4) is 0 Å². The van der Waals surface area contributed by atoms with E-state index in [4.69, 9.17) is 4.74 Å². The van der Waals surface area contributed by atoms with Gasteiger partial charge in [0.15, 0.2) is 0 Å². The first-order valence-electron chi connectivity index (χ1n) is 7.52. The molecule has 0 N–H and O–H groups in total. The SMILES string of the molecule is O=C([O-])COc1ccc(S(=O)(=O)N2CCCc3ccccc32)cc1. The largest absolute Gasteiger partial charge is 0.546 e. The molecule has 0 radical (unpaired) electrons. The summed E-state index contributed by atoms with van der Waals surface area (Å²) in [7, 11) is -3.67. The molecule has 24 heavy (non-hydrogen) atoms. The fourth-order valence-electron chi connectivity index (χ4n) is 2.73. The van der Waals surface area contributed by atoms with Crippen molar-refractivity contribution >= 4 is 21.7 Å². The van der Waals surface area contributed by atoms with Gasteiger partial charge in [0, 0.05) is 6.54 Å². The first-order chi connectivity index (χ1) is 11.5. The molecular weight excluding hydrogens is 330 g/mol. The van der Waals surface area contributed by atoms with E-state index in [0.29, 0.717) is 12.2 Å². The molecule has 0 atom stereocenters. The fraction of sp³-hybridized carbons (Fsp3) is 0.235. The zero-order valence-corrected chi connectivity index (χ0v) is 13.7. The van der Waals surface area contributed by atoms with E-state index < -0.39 is 22.6 Å². The first kappa shape index (κ1) is 16.3. The predicted octanol–water partition coefficient (Wildman–Crippen LogP) is 0.957. The van der Waals surface area contributed by atoms with E-state index in [-0.39, 0.29) is 10.6 Å². The minimum absolute atomic E-state index is 0.139. The van der Waals surface area contributed by atoms with Gasteiger partial charge >= 0.3 is 0 Å². The lowest BCUT2D eigenvalue weighted by Crippen LogP contribution is -2.35. The number of rotatable bonds is 5. The van der Waals surface area contributed by atoms with Gasteiger partial charge in [-0.3, -0.25) is 4.31 Å². The van der Waals surface area contributed by atoms with Crippen molar-refractivity contribution in [2.75, 3.05) is 17.5 Å². The van der Waals surface area contributed by atoms with Crippen LogP contribution < -0.4 is 14.1 Å². The van der Waals surface area contributed by atoms with Gasteiger partial charge in [-0.2, -0.15) is 0 Å². The Bertz CT molecular complexity index is 846. The first-order valence-corrected chi connectivity index (χ1v) is 8.96. The van der Waals surface area contributed by atoms with Crippen molar-refractivity contribution in [2.24, 2.45) is 0 Å². The Hall–Kier alpha value is -2.54. The number of benzene rings is 2. The number of carboxylic acids is 1. The van der Waals surface area contributed by atoms with E-state index in [1.54, 1.807) is 0 Å². The molecule has 0 fully saturated rings. The maximum absolute atomic E-state index is 12.9. The molecule has 0 spiro atoms. The number of sulfonamides is 1. The van der Waals surface area contributed by atoms with Crippen LogP contribution in [0.2, 0.25) is 0 Å².